The summed E-state index contributed by atoms with van der Waals surface area (Å²) in [6.07, 6.45) is 1.12. The SMILES string of the molecule is CC(=O)N/C(=C\c1ccccc1)C(=O)OCC(=O)NC[C@@H]1COc2ccccc2O1. The summed E-state index contributed by atoms with van der Waals surface area (Å²) in [4.78, 5) is 35.7. The van der Waals surface area contributed by atoms with Gasteiger partial charge in [-0.3, -0.25) is 9.59 Å². The van der Waals surface area contributed by atoms with Crippen LogP contribution in [0.4, 0.5) is 0 Å². The summed E-state index contributed by atoms with van der Waals surface area (Å²) in [5.74, 6) is -0.457. The molecule has 0 fully saturated rings. The number of nitrogens with one attached hydrogen (secondary N) is 2. The fraction of sp³-hybridized carbons (Fsp3) is 0.227. The molecule has 3 rings (SSSR count). The molecular weight excluding hydrogens is 388 g/mol. The molecule has 2 N–H and O–H groups in total. The van der Waals surface area contributed by atoms with E-state index >= 15 is 0 Å². The van der Waals surface area contributed by atoms with E-state index in [-0.39, 0.29) is 18.3 Å². The van der Waals surface area contributed by atoms with Gasteiger partial charge in [-0.25, -0.2) is 4.79 Å². The van der Waals surface area contributed by atoms with Crippen LogP contribution in [0.2, 0.25) is 0 Å². The van der Waals surface area contributed by atoms with Crippen LogP contribution in [0.25, 0.3) is 6.08 Å². The van der Waals surface area contributed by atoms with E-state index in [4.69, 9.17) is 14.2 Å². The lowest BCUT2D eigenvalue weighted by molar-refractivity contribution is -0.145. The lowest BCUT2D eigenvalue weighted by Gasteiger charge is -2.26. The summed E-state index contributed by atoms with van der Waals surface area (Å²) >= 11 is 0. The number of amides is 2. The Hall–Kier alpha value is -3.81. The van der Waals surface area contributed by atoms with Crippen LogP contribution in [-0.2, 0) is 19.1 Å². The maximum absolute atomic E-state index is 12.3. The summed E-state index contributed by atoms with van der Waals surface area (Å²) < 4.78 is 16.4. The van der Waals surface area contributed by atoms with Gasteiger partial charge in [0.05, 0.1) is 6.54 Å². The van der Waals surface area contributed by atoms with Crippen LogP contribution in [0.3, 0.4) is 0 Å². The molecule has 0 saturated carbocycles. The third-order valence-electron chi connectivity index (χ3n) is 4.07. The van der Waals surface area contributed by atoms with Gasteiger partial charge in [0.2, 0.25) is 5.91 Å². The summed E-state index contributed by atoms with van der Waals surface area (Å²) in [5.41, 5.74) is 0.652. The smallest absolute Gasteiger partial charge is 0.355 e. The fourth-order valence-electron chi connectivity index (χ4n) is 2.70. The number of hydrogen-bond donors (Lipinski definition) is 2. The molecule has 0 radical (unpaired) electrons. The number of ether oxygens (including phenoxy) is 3. The van der Waals surface area contributed by atoms with Crippen LogP contribution in [0.5, 0.6) is 11.5 Å². The van der Waals surface area contributed by atoms with Crippen molar-refractivity contribution >= 4 is 23.9 Å². The largest absolute Gasteiger partial charge is 0.486 e. The lowest BCUT2D eigenvalue weighted by atomic mass is 10.2. The zero-order valence-electron chi connectivity index (χ0n) is 16.4. The van der Waals surface area contributed by atoms with Crippen molar-refractivity contribution in [2.75, 3.05) is 19.8 Å². The monoisotopic (exact) mass is 410 g/mol. The molecule has 30 heavy (non-hydrogen) atoms. The molecule has 0 unspecified atom stereocenters. The average molecular weight is 410 g/mol. The molecule has 2 aromatic carbocycles. The Morgan fingerprint density at radius 2 is 1.77 bits per heavy atom. The number of rotatable bonds is 7. The minimum Gasteiger partial charge on any atom is -0.486 e. The number of carbonyl (C=O) groups is 3. The molecule has 1 aliphatic rings. The molecule has 0 saturated heterocycles. The second kappa shape index (κ2) is 10.1. The minimum atomic E-state index is -0.810. The van der Waals surface area contributed by atoms with Crippen molar-refractivity contribution in [2.24, 2.45) is 0 Å². The van der Waals surface area contributed by atoms with Crippen LogP contribution in [0.1, 0.15) is 12.5 Å². The maximum atomic E-state index is 12.3. The van der Waals surface area contributed by atoms with Crippen molar-refractivity contribution in [3.05, 3.63) is 65.9 Å². The first-order valence-electron chi connectivity index (χ1n) is 9.38. The van der Waals surface area contributed by atoms with Gasteiger partial charge in [-0.2, -0.15) is 0 Å². The first-order chi connectivity index (χ1) is 14.5. The van der Waals surface area contributed by atoms with Gasteiger partial charge in [0.15, 0.2) is 18.1 Å². The molecule has 1 heterocycles. The van der Waals surface area contributed by atoms with Crippen molar-refractivity contribution in [1.29, 1.82) is 0 Å². The molecule has 0 aromatic heterocycles. The first kappa shape index (κ1) is 20.9. The molecule has 156 valence electrons. The Kier molecular flexibility index (Phi) is 7.05. The zero-order chi connectivity index (χ0) is 21.3. The van der Waals surface area contributed by atoms with Crippen LogP contribution in [0.15, 0.2) is 60.3 Å². The van der Waals surface area contributed by atoms with E-state index in [0.29, 0.717) is 23.7 Å². The molecule has 8 nitrogen and oxygen atoms in total. The number of para-hydroxylation sites is 2. The highest BCUT2D eigenvalue weighted by atomic mass is 16.6. The molecule has 8 heteroatoms. The first-order valence-corrected chi connectivity index (χ1v) is 9.38. The summed E-state index contributed by atoms with van der Waals surface area (Å²) in [5, 5.41) is 5.06. The fourth-order valence-corrected chi connectivity index (χ4v) is 2.70. The van der Waals surface area contributed by atoms with Crippen LogP contribution < -0.4 is 20.1 Å². The molecule has 2 aromatic rings. The Labute approximate surface area is 173 Å². The second-order valence-corrected chi connectivity index (χ2v) is 6.53. The third kappa shape index (κ3) is 6.10. The molecule has 2 amide bonds. The highest BCUT2D eigenvalue weighted by molar-refractivity contribution is 5.98. The summed E-state index contributed by atoms with van der Waals surface area (Å²) in [7, 11) is 0. The minimum absolute atomic E-state index is 0.0536. The third-order valence-corrected chi connectivity index (χ3v) is 4.07. The van der Waals surface area contributed by atoms with E-state index in [1.54, 1.807) is 36.4 Å². The van der Waals surface area contributed by atoms with Gasteiger partial charge in [0, 0.05) is 6.92 Å². The molecule has 0 spiro atoms. The topological polar surface area (TPSA) is 103 Å². The van der Waals surface area contributed by atoms with E-state index in [2.05, 4.69) is 10.6 Å². The Morgan fingerprint density at radius 1 is 1.07 bits per heavy atom. The number of hydrogen-bond acceptors (Lipinski definition) is 6. The summed E-state index contributed by atoms with van der Waals surface area (Å²) in [6, 6.07) is 16.2. The van der Waals surface area contributed by atoms with Crippen molar-refractivity contribution in [2.45, 2.75) is 13.0 Å². The lowest BCUT2D eigenvalue weighted by Crippen LogP contribution is -2.42. The van der Waals surface area contributed by atoms with Gasteiger partial charge < -0.3 is 24.8 Å². The molecular formula is C22H22N2O6. The molecule has 0 bridgehead atoms. The predicted molar refractivity (Wildman–Crippen MR) is 109 cm³/mol. The van der Waals surface area contributed by atoms with E-state index in [9.17, 15) is 14.4 Å². The Bertz CT molecular complexity index is 942. The van der Waals surface area contributed by atoms with Gasteiger partial charge in [0.1, 0.15) is 18.4 Å². The van der Waals surface area contributed by atoms with Crippen LogP contribution in [-0.4, -0.2) is 43.6 Å². The number of benzene rings is 2. The quantitative estimate of drug-likeness (QED) is 0.532. The van der Waals surface area contributed by atoms with Crippen molar-refractivity contribution in [3.63, 3.8) is 0 Å². The Morgan fingerprint density at radius 3 is 2.50 bits per heavy atom. The number of fused-ring (bicyclic) bond motifs is 1. The van der Waals surface area contributed by atoms with Crippen molar-refractivity contribution in [1.82, 2.24) is 10.6 Å². The number of carbonyl (C=O) groups excluding carboxylic acids is 3. The van der Waals surface area contributed by atoms with Gasteiger partial charge in [0.25, 0.3) is 5.91 Å². The van der Waals surface area contributed by atoms with Crippen molar-refractivity contribution < 1.29 is 28.6 Å². The van der Waals surface area contributed by atoms with Gasteiger partial charge in [-0.15, -0.1) is 0 Å². The normalized spacial score (nSPS) is 15.1. The van der Waals surface area contributed by atoms with E-state index in [1.165, 1.54) is 13.0 Å². The Balaban J connectivity index is 1.48. The molecule has 0 aliphatic carbocycles. The maximum Gasteiger partial charge on any atom is 0.355 e. The van der Waals surface area contributed by atoms with Crippen LogP contribution >= 0.6 is 0 Å². The summed E-state index contributed by atoms with van der Waals surface area (Å²) in [6.45, 7) is 1.28. The van der Waals surface area contributed by atoms with E-state index < -0.39 is 24.4 Å². The van der Waals surface area contributed by atoms with Gasteiger partial charge >= 0.3 is 5.97 Å². The predicted octanol–water partition coefficient (Wildman–Crippen LogP) is 1.66. The van der Waals surface area contributed by atoms with Crippen molar-refractivity contribution in [3.8, 4) is 11.5 Å². The second-order valence-electron chi connectivity index (χ2n) is 6.53. The zero-order valence-corrected chi connectivity index (χ0v) is 16.4. The molecule has 1 atom stereocenters. The highest BCUT2D eigenvalue weighted by Crippen LogP contribution is 2.30. The van der Waals surface area contributed by atoms with Crippen LogP contribution in [0, 0.1) is 0 Å². The van der Waals surface area contributed by atoms with E-state index in [0.717, 1.165) is 0 Å². The highest BCUT2D eigenvalue weighted by Gasteiger charge is 2.21. The van der Waals surface area contributed by atoms with E-state index in [1.807, 2.05) is 18.2 Å². The standard InChI is InChI=1S/C22H22N2O6/c1-15(25)24-18(11-16-7-3-2-4-8-16)22(27)29-14-21(26)23-12-17-13-28-19-9-5-6-10-20(19)30-17/h2-11,17H,12-14H2,1H3,(H,23,26)(H,24,25)/b18-11-/t17-/m1/s1. The number of esters is 1. The molecule has 1 aliphatic heterocycles. The van der Waals surface area contributed by atoms with Gasteiger partial charge in [-0.1, -0.05) is 42.5 Å². The van der Waals surface area contributed by atoms with Gasteiger partial charge in [-0.05, 0) is 23.8 Å². The average Bonchev–Trinajstić information content (AvgIpc) is 2.76.